The molecule has 2 heterocycles. The maximum Gasteiger partial charge on any atom is 0.252 e. The Hall–Kier alpha value is -3.35. The van der Waals surface area contributed by atoms with Crippen molar-refractivity contribution >= 4 is 22.8 Å². The van der Waals surface area contributed by atoms with Crippen LogP contribution < -0.4 is 16.0 Å². The van der Waals surface area contributed by atoms with Gasteiger partial charge in [-0.05, 0) is 32.0 Å². The Kier molecular flexibility index (Phi) is 6.62. The number of nitrogens with zero attached hydrogens (tertiary/aromatic N) is 2. The Balaban J connectivity index is 1.54. The third-order valence-electron chi connectivity index (χ3n) is 4.29. The molecule has 0 bridgehead atoms. The van der Waals surface area contributed by atoms with Gasteiger partial charge in [-0.3, -0.25) is 9.78 Å². The van der Waals surface area contributed by atoms with Gasteiger partial charge < -0.3 is 20.4 Å². The van der Waals surface area contributed by atoms with Crippen molar-refractivity contribution in [3.8, 4) is 0 Å². The van der Waals surface area contributed by atoms with Crippen molar-refractivity contribution in [3.63, 3.8) is 0 Å². The van der Waals surface area contributed by atoms with E-state index >= 15 is 0 Å². The summed E-state index contributed by atoms with van der Waals surface area (Å²) in [4.78, 5) is 20.6. The van der Waals surface area contributed by atoms with Gasteiger partial charge in [-0.2, -0.15) is 0 Å². The zero-order valence-corrected chi connectivity index (χ0v) is 16.2. The number of pyridine rings is 1. The van der Waals surface area contributed by atoms with Crippen LogP contribution in [0.4, 0.5) is 0 Å². The highest BCUT2D eigenvalue weighted by Gasteiger charge is 2.09. The van der Waals surface area contributed by atoms with Crippen LogP contribution in [0.15, 0.2) is 58.2 Å². The number of hydrogen-bond acceptors (Lipinski definition) is 4. The summed E-state index contributed by atoms with van der Waals surface area (Å²) in [6.45, 7) is 6.27. The van der Waals surface area contributed by atoms with E-state index in [0.717, 1.165) is 28.8 Å². The van der Waals surface area contributed by atoms with Gasteiger partial charge in [0.05, 0.1) is 5.56 Å². The van der Waals surface area contributed by atoms with Crippen molar-refractivity contribution in [2.24, 2.45) is 4.99 Å². The van der Waals surface area contributed by atoms with Gasteiger partial charge in [0.2, 0.25) is 0 Å². The maximum absolute atomic E-state index is 12.0. The highest BCUT2D eigenvalue weighted by molar-refractivity contribution is 5.93. The number of nitrogens with one attached hydrogen (secondary N) is 3. The number of guanidine groups is 1. The van der Waals surface area contributed by atoms with Gasteiger partial charge >= 0.3 is 0 Å². The highest BCUT2D eigenvalue weighted by Crippen LogP contribution is 2.25. The van der Waals surface area contributed by atoms with E-state index in [1.165, 1.54) is 0 Å². The van der Waals surface area contributed by atoms with Crippen LogP contribution in [0.3, 0.4) is 0 Å². The molecule has 28 heavy (non-hydrogen) atoms. The standard InChI is InChI=1S/C21H25N5O2/c1-3-23-21(25-12-11-24-20(27)16-7-6-10-22-13-16)26-14-19-15(2)17-8-4-5-9-18(17)28-19/h4-10,13H,3,11-12,14H2,1-2H3,(H,24,27)(H2,23,25,26). The summed E-state index contributed by atoms with van der Waals surface area (Å²) >= 11 is 0. The molecule has 1 aromatic carbocycles. The first-order chi connectivity index (χ1) is 13.7. The van der Waals surface area contributed by atoms with Crippen molar-refractivity contribution in [3.05, 3.63) is 65.7 Å². The topological polar surface area (TPSA) is 91.5 Å². The zero-order chi connectivity index (χ0) is 19.8. The number of rotatable bonds is 7. The number of carbonyl (C=O) groups excluding carboxylic acids is 1. The first-order valence-corrected chi connectivity index (χ1v) is 9.36. The normalized spacial score (nSPS) is 11.4. The summed E-state index contributed by atoms with van der Waals surface area (Å²) in [7, 11) is 0. The molecule has 0 saturated carbocycles. The molecule has 1 amide bonds. The minimum absolute atomic E-state index is 0.144. The molecule has 7 nitrogen and oxygen atoms in total. The number of aliphatic imine (C=N–C) groups is 1. The van der Waals surface area contributed by atoms with Gasteiger partial charge in [0.1, 0.15) is 17.9 Å². The van der Waals surface area contributed by atoms with Crippen LogP contribution >= 0.6 is 0 Å². The van der Waals surface area contributed by atoms with Gasteiger partial charge in [0, 0.05) is 43.0 Å². The monoisotopic (exact) mass is 379 g/mol. The van der Waals surface area contributed by atoms with E-state index in [2.05, 4.69) is 32.0 Å². The number of hydrogen-bond donors (Lipinski definition) is 3. The molecule has 0 fully saturated rings. The summed E-state index contributed by atoms with van der Waals surface area (Å²) in [5, 5.41) is 10.4. The van der Waals surface area contributed by atoms with Crippen molar-refractivity contribution in [2.75, 3.05) is 19.6 Å². The van der Waals surface area contributed by atoms with Crippen LogP contribution in [0.5, 0.6) is 0 Å². The molecular formula is C21H25N5O2. The van der Waals surface area contributed by atoms with Gasteiger partial charge in [0.25, 0.3) is 5.91 Å². The Morgan fingerprint density at radius 1 is 1.11 bits per heavy atom. The van der Waals surface area contributed by atoms with E-state index < -0.39 is 0 Å². The van der Waals surface area contributed by atoms with E-state index in [1.54, 1.807) is 24.5 Å². The van der Waals surface area contributed by atoms with E-state index in [-0.39, 0.29) is 5.91 Å². The summed E-state index contributed by atoms with van der Waals surface area (Å²) in [5.41, 5.74) is 2.53. The third kappa shape index (κ3) is 4.88. The average molecular weight is 379 g/mol. The molecule has 3 rings (SSSR count). The smallest absolute Gasteiger partial charge is 0.252 e. The molecule has 146 valence electrons. The minimum atomic E-state index is -0.144. The van der Waals surface area contributed by atoms with Crippen molar-refractivity contribution < 1.29 is 9.21 Å². The molecule has 2 aromatic heterocycles. The lowest BCUT2D eigenvalue weighted by atomic mass is 10.1. The number of amides is 1. The molecule has 3 N–H and O–H groups in total. The molecule has 0 spiro atoms. The number of fused-ring (bicyclic) bond motifs is 1. The molecule has 0 atom stereocenters. The van der Waals surface area contributed by atoms with E-state index in [4.69, 9.17) is 4.42 Å². The van der Waals surface area contributed by atoms with Gasteiger partial charge in [0.15, 0.2) is 5.96 Å². The number of aryl methyl sites for hydroxylation is 1. The van der Waals surface area contributed by atoms with Crippen LogP contribution in [0.1, 0.15) is 28.6 Å². The first-order valence-electron chi connectivity index (χ1n) is 9.36. The molecule has 0 aliphatic heterocycles. The molecule has 0 radical (unpaired) electrons. The van der Waals surface area contributed by atoms with Crippen LogP contribution in [-0.2, 0) is 6.54 Å². The van der Waals surface area contributed by atoms with Gasteiger partial charge in [-0.15, -0.1) is 0 Å². The van der Waals surface area contributed by atoms with Crippen molar-refractivity contribution in [2.45, 2.75) is 20.4 Å². The molecule has 0 unspecified atom stereocenters. The molecular weight excluding hydrogens is 354 g/mol. The molecule has 0 aliphatic rings. The second-order valence-corrected chi connectivity index (χ2v) is 6.27. The lowest BCUT2D eigenvalue weighted by Gasteiger charge is -2.11. The van der Waals surface area contributed by atoms with E-state index in [9.17, 15) is 4.79 Å². The number of carbonyl (C=O) groups is 1. The Morgan fingerprint density at radius 2 is 1.93 bits per heavy atom. The van der Waals surface area contributed by atoms with Crippen LogP contribution in [-0.4, -0.2) is 36.5 Å². The van der Waals surface area contributed by atoms with Crippen molar-refractivity contribution in [1.29, 1.82) is 0 Å². The molecule has 0 aliphatic carbocycles. The number of benzene rings is 1. The number of furan rings is 1. The lowest BCUT2D eigenvalue weighted by molar-refractivity contribution is 0.0954. The summed E-state index contributed by atoms with van der Waals surface area (Å²) in [6.07, 6.45) is 3.19. The zero-order valence-electron chi connectivity index (χ0n) is 16.2. The van der Waals surface area contributed by atoms with E-state index in [0.29, 0.717) is 31.2 Å². The Bertz CT molecular complexity index is 950. The maximum atomic E-state index is 12.0. The second-order valence-electron chi connectivity index (χ2n) is 6.27. The highest BCUT2D eigenvalue weighted by atomic mass is 16.3. The SMILES string of the molecule is CCNC(=NCc1oc2ccccc2c1C)NCCNC(=O)c1cccnc1. The summed E-state index contributed by atoms with van der Waals surface area (Å²) < 4.78 is 5.91. The van der Waals surface area contributed by atoms with Gasteiger partial charge in [-0.25, -0.2) is 4.99 Å². The minimum Gasteiger partial charge on any atom is -0.459 e. The average Bonchev–Trinajstić information content (AvgIpc) is 3.05. The van der Waals surface area contributed by atoms with Crippen molar-refractivity contribution in [1.82, 2.24) is 20.9 Å². The Morgan fingerprint density at radius 3 is 2.68 bits per heavy atom. The predicted molar refractivity (Wildman–Crippen MR) is 110 cm³/mol. The lowest BCUT2D eigenvalue weighted by Crippen LogP contribution is -2.41. The summed E-state index contributed by atoms with van der Waals surface area (Å²) in [5.74, 6) is 1.39. The Labute approximate surface area is 164 Å². The number of para-hydroxylation sites is 1. The van der Waals surface area contributed by atoms with Crippen LogP contribution in [0.25, 0.3) is 11.0 Å². The first kappa shape index (κ1) is 19.4. The summed E-state index contributed by atoms with van der Waals surface area (Å²) in [6, 6.07) is 11.5. The third-order valence-corrected chi connectivity index (χ3v) is 4.29. The molecule has 7 heteroatoms. The second kappa shape index (κ2) is 9.55. The fraction of sp³-hybridized carbons (Fsp3) is 0.286. The molecule has 3 aromatic rings. The fourth-order valence-corrected chi connectivity index (χ4v) is 2.82. The predicted octanol–water partition coefficient (Wildman–Crippen LogP) is 2.62. The largest absolute Gasteiger partial charge is 0.459 e. The van der Waals surface area contributed by atoms with Gasteiger partial charge in [-0.1, -0.05) is 18.2 Å². The van der Waals surface area contributed by atoms with Crippen LogP contribution in [0, 0.1) is 6.92 Å². The van der Waals surface area contributed by atoms with Crippen LogP contribution in [0.2, 0.25) is 0 Å². The quantitative estimate of drug-likeness (QED) is 0.333. The fourth-order valence-electron chi connectivity index (χ4n) is 2.82. The molecule has 0 saturated heterocycles. The van der Waals surface area contributed by atoms with E-state index in [1.807, 2.05) is 32.0 Å². The number of aromatic nitrogens is 1.